The lowest BCUT2D eigenvalue weighted by Gasteiger charge is -2.30. The van der Waals surface area contributed by atoms with Gasteiger partial charge in [0.25, 0.3) is 0 Å². The number of nitrogens with one attached hydrogen (secondary N) is 1. The summed E-state index contributed by atoms with van der Waals surface area (Å²) >= 11 is 3.78. The molecule has 20 heavy (non-hydrogen) atoms. The van der Waals surface area contributed by atoms with Gasteiger partial charge in [-0.1, -0.05) is 13.0 Å². The average Bonchev–Trinajstić information content (AvgIpc) is 3.10. The summed E-state index contributed by atoms with van der Waals surface area (Å²) in [6.07, 6.45) is 3.48. The number of thiophene rings is 1. The van der Waals surface area contributed by atoms with Crippen LogP contribution in [0.5, 0.6) is 0 Å². The van der Waals surface area contributed by atoms with Crippen molar-refractivity contribution in [1.82, 2.24) is 10.2 Å². The van der Waals surface area contributed by atoms with Crippen LogP contribution in [0.25, 0.3) is 0 Å². The minimum Gasteiger partial charge on any atom is -0.320 e. The molecule has 3 heterocycles. The fraction of sp³-hybridized carbons (Fsp3) is 0.667. The van der Waals surface area contributed by atoms with Crippen LogP contribution in [0.4, 0.5) is 0 Å². The highest BCUT2D eigenvalue weighted by Gasteiger charge is 2.39. The van der Waals surface area contributed by atoms with Crippen LogP contribution in [0, 0.1) is 5.92 Å². The Bertz CT molecular complexity index is 443. The summed E-state index contributed by atoms with van der Waals surface area (Å²) in [5.74, 6) is 3.48. The summed E-state index contributed by atoms with van der Waals surface area (Å²) in [5, 5.41) is 5.61. The summed E-state index contributed by atoms with van der Waals surface area (Å²) in [6.45, 7) is 3.01. The molecule has 0 radical (unpaired) electrons. The average molecular weight is 310 g/mol. The van der Waals surface area contributed by atoms with E-state index in [1.165, 1.54) is 29.2 Å². The van der Waals surface area contributed by atoms with Crippen LogP contribution in [-0.4, -0.2) is 34.9 Å². The molecule has 0 aliphatic carbocycles. The van der Waals surface area contributed by atoms with E-state index in [2.05, 4.69) is 34.7 Å². The molecule has 0 aromatic carbocycles. The van der Waals surface area contributed by atoms with Gasteiger partial charge in [-0.15, -0.1) is 11.3 Å². The topological polar surface area (TPSA) is 32.3 Å². The van der Waals surface area contributed by atoms with Crippen molar-refractivity contribution in [3.05, 3.63) is 22.4 Å². The second kappa shape index (κ2) is 6.50. The highest BCUT2D eigenvalue weighted by Crippen LogP contribution is 2.32. The Morgan fingerprint density at radius 2 is 2.20 bits per heavy atom. The van der Waals surface area contributed by atoms with Crippen LogP contribution in [0.1, 0.15) is 37.2 Å². The first-order chi connectivity index (χ1) is 9.79. The molecular weight excluding hydrogens is 288 g/mol. The minimum atomic E-state index is 0.0000607. The predicted octanol–water partition coefficient (Wildman–Crippen LogP) is 3.10. The molecule has 0 bridgehead atoms. The zero-order chi connectivity index (χ0) is 13.9. The van der Waals surface area contributed by atoms with Crippen molar-refractivity contribution in [3.63, 3.8) is 0 Å². The molecule has 2 saturated heterocycles. The highest BCUT2D eigenvalue weighted by atomic mass is 32.2. The van der Waals surface area contributed by atoms with Gasteiger partial charge < -0.3 is 4.90 Å². The Morgan fingerprint density at radius 1 is 1.40 bits per heavy atom. The summed E-state index contributed by atoms with van der Waals surface area (Å²) in [4.78, 5) is 15.9. The zero-order valence-corrected chi connectivity index (χ0v) is 13.5. The van der Waals surface area contributed by atoms with Crippen molar-refractivity contribution in [2.75, 3.05) is 18.1 Å². The van der Waals surface area contributed by atoms with Crippen LogP contribution in [0.2, 0.25) is 0 Å². The maximum atomic E-state index is 12.6. The Labute approximate surface area is 129 Å². The lowest BCUT2D eigenvalue weighted by molar-refractivity contribution is -0.130. The van der Waals surface area contributed by atoms with Gasteiger partial charge in [0.2, 0.25) is 5.91 Å². The number of hydrogen-bond donors (Lipinski definition) is 1. The largest absolute Gasteiger partial charge is 0.320 e. The quantitative estimate of drug-likeness (QED) is 0.927. The van der Waals surface area contributed by atoms with E-state index in [9.17, 15) is 4.79 Å². The summed E-state index contributed by atoms with van der Waals surface area (Å²) < 4.78 is 0. The van der Waals surface area contributed by atoms with Gasteiger partial charge in [-0.2, -0.15) is 11.8 Å². The van der Waals surface area contributed by atoms with Crippen molar-refractivity contribution < 1.29 is 4.79 Å². The molecule has 0 saturated carbocycles. The van der Waals surface area contributed by atoms with E-state index in [4.69, 9.17) is 0 Å². The van der Waals surface area contributed by atoms with Crippen molar-refractivity contribution in [3.8, 4) is 0 Å². The lowest BCUT2D eigenvalue weighted by atomic mass is 10.0. The molecule has 3 rings (SSSR count). The fourth-order valence-corrected chi connectivity index (χ4v) is 5.06. The molecule has 2 atom stereocenters. The number of nitrogens with zero attached hydrogens (tertiary/aromatic N) is 1. The number of carbonyl (C=O) groups excluding carboxylic acids is 1. The number of rotatable bonds is 4. The van der Waals surface area contributed by atoms with E-state index < -0.39 is 0 Å². The number of amides is 1. The molecule has 1 amide bonds. The zero-order valence-electron chi connectivity index (χ0n) is 11.9. The first kappa shape index (κ1) is 14.4. The van der Waals surface area contributed by atoms with Crippen LogP contribution in [0.3, 0.4) is 0 Å². The highest BCUT2D eigenvalue weighted by molar-refractivity contribution is 7.99. The summed E-state index contributed by atoms with van der Waals surface area (Å²) in [6, 6.07) is 4.21. The molecule has 1 N–H and O–H groups in total. The monoisotopic (exact) mass is 310 g/mol. The van der Waals surface area contributed by atoms with Gasteiger partial charge in [-0.3, -0.25) is 10.1 Å². The summed E-state index contributed by atoms with van der Waals surface area (Å²) in [7, 11) is 0. The number of hydrogen-bond acceptors (Lipinski definition) is 4. The SMILES string of the molecule is CCC1NC(c2cccs2)N(CC2CCSCC2)C1=O. The maximum Gasteiger partial charge on any atom is 0.241 e. The molecule has 2 unspecified atom stereocenters. The Hall–Kier alpha value is -0.520. The van der Waals surface area contributed by atoms with Crippen LogP contribution in [-0.2, 0) is 4.79 Å². The van der Waals surface area contributed by atoms with Gasteiger partial charge in [-0.25, -0.2) is 0 Å². The van der Waals surface area contributed by atoms with Crippen LogP contribution >= 0.6 is 23.1 Å². The first-order valence-corrected chi connectivity index (χ1v) is 9.50. The van der Waals surface area contributed by atoms with Gasteiger partial charge >= 0.3 is 0 Å². The van der Waals surface area contributed by atoms with E-state index in [1.807, 2.05) is 11.8 Å². The molecule has 2 aliphatic rings. The molecule has 5 heteroatoms. The van der Waals surface area contributed by atoms with Gasteiger partial charge in [0.1, 0.15) is 6.17 Å². The molecular formula is C15H22N2OS2. The third kappa shape index (κ3) is 2.90. The molecule has 1 aromatic heterocycles. The second-order valence-electron chi connectivity index (χ2n) is 5.59. The first-order valence-electron chi connectivity index (χ1n) is 7.47. The van der Waals surface area contributed by atoms with E-state index >= 15 is 0 Å². The maximum absolute atomic E-state index is 12.6. The van der Waals surface area contributed by atoms with E-state index in [-0.39, 0.29) is 12.2 Å². The molecule has 2 fully saturated rings. The predicted molar refractivity (Wildman–Crippen MR) is 86.0 cm³/mol. The third-order valence-electron chi connectivity index (χ3n) is 4.27. The molecule has 3 nitrogen and oxygen atoms in total. The van der Waals surface area contributed by atoms with E-state index in [0.29, 0.717) is 11.8 Å². The smallest absolute Gasteiger partial charge is 0.241 e. The molecule has 110 valence electrons. The van der Waals surface area contributed by atoms with Gasteiger partial charge in [0.15, 0.2) is 0 Å². The molecule has 2 aliphatic heterocycles. The third-order valence-corrected chi connectivity index (χ3v) is 6.24. The standard InChI is InChI=1S/C15H22N2OS2/c1-2-12-15(18)17(10-11-5-8-19-9-6-11)14(16-12)13-4-3-7-20-13/h3-4,7,11-12,14,16H,2,5-6,8-10H2,1H3. The van der Waals surface area contributed by atoms with Gasteiger partial charge in [0, 0.05) is 11.4 Å². The Kier molecular flexibility index (Phi) is 4.68. The fourth-order valence-electron chi connectivity index (χ4n) is 3.06. The normalized spacial score (nSPS) is 28.2. The van der Waals surface area contributed by atoms with E-state index in [0.717, 1.165) is 13.0 Å². The van der Waals surface area contributed by atoms with Crippen molar-refractivity contribution in [1.29, 1.82) is 0 Å². The van der Waals surface area contributed by atoms with Gasteiger partial charge in [0.05, 0.1) is 6.04 Å². The lowest BCUT2D eigenvalue weighted by Crippen LogP contribution is -2.36. The Morgan fingerprint density at radius 3 is 2.85 bits per heavy atom. The van der Waals surface area contributed by atoms with Crippen LogP contribution in [0.15, 0.2) is 17.5 Å². The molecule has 0 spiro atoms. The number of thioether (sulfide) groups is 1. The van der Waals surface area contributed by atoms with Gasteiger partial charge in [-0.05, 0) is 48.1 Å². The number of carbonyl (C=O) groups is 1. The van der Waals surface area contributed by atoms with E-state index in [1.54, 1.807) is 11.3 Å². The van der Waals surface area contributed by atoms with Crippen molar-refractivity contribution in [2.24, 2.45) is 5.92 Å². The van der Waals surface area contributed by atoms with Crippen LogP contribution < -0.4 is 5.32 Å². The molecule has 1 aromatic rings. The Balaban J connectivity index is 1.75. The van der Waals surface area contributed by atoms with Crippen molar-refractivity contribution >= 4 is 29.0 Å². The van der Waals surface area contributed by atoms with Crippen molar-refractivity contribution in [2.45, 2.75) is 38.4 Å². The minimum absolute atomic E-state index is 0.0000607. The second-order valence-corrected chi connectivity index (χ2v) is 7.80. The summed E-state index contributed by atoms with van der Waals surface area (Å²) in [5.41, 5.74) is 0.